The summed E-state index contributed by atoms with van der Waals surface area (Å²) in [6, 6.07) is 5.13. The molecule has 5 nitrogen and oxygen atoms in total. The molecule has 0 radical (unpaired) electrons. The molecule has 0 aliphatic rings. The van der Waals surface area contributed by atoms with Crippen molar-refractivity contribution in [2.24, 2.45) is 0 Å². The molecule has 19 heavy (non-hydrogen) atoms. The zero-order valence-electron chi connectivity index (χ0n) is 11.1. The standard InChI is InChI=1S/C14H17N3O2/c1-3-8-17-9-7-16-14(17)12(18)10-5-4-6-11(15)13(10)19-2/h4-7,9H,3,8,15H2,1-2H3. The molecule has 100 valence electrons. The van der Waals surface area contributed by atoms with Gasteiger partial charge in [-0.05, 0) is 18.6 Å². The van der Waals surface area contributed by atoms with Crippen LogP contribution in [0.3, 0.4) is 0 Å². The number of hydrogen-bond acceptors (Lipinski definition) is 4. The van der Waals surface area contributed by atoms with Gasteiger partial charge >= 0.3 is 0 Å². The summed E-state index contributed by atoms with van der Waals surface area (Å²) >= 11 is 0. The summed E-state index contributed by atoms with van der Waals surface area (Å²) in [6.07, 6.45) is 4.36. The van der Waals surface area contributed by atoms with Crippen LogP contribution in [0.1, 0.15) is 29.5 Å². The van der Waals surface area contributed by atoms with Gasteiger partial charge in [0.2, 0.25) is 5.78 Å². The number of para-hydroxylation sites is 1. The molecule has 2 aromatic rings. The van der Waals surface area contributed by atoms with Crippen molar-refractivity contribution in [3.63, 3.8) is 0 Å². The number of nitrogen functional groups attached to an aromatic ring is 1. The van der Waals surface area contributed by atoms with Gasteiger partial charge in [-0.3, -0.25) is 4.79 Å². The van der Waals surface area contributed by atoms with Gasteiger partial charge in [-0.2, -0.15) is 0 Å². The summed E-state index contributed by atoms with van der Waals surface area (Å²) < 4.78 is 7.05. The lowest BCUT2D eigenvalue weighted by atomic mass is 10.1. The number of nitrogens with zero attached hydrogens (tertiary/aromatic N) is 2. The first-order valence-corrected chi connectivity index (χ1v) is 6.17. The Hall–Kier alpha value is -2.30. The molecular weight excluding hydrogens is 242 g/mol. The quantitative estimate of drug-likeness (QED) is 0.659. The first-order valence-electron chi connectivity index (χ1n) is 6.17. The average Bonchev–Trinajstić information content (AvgIpc) is 2.86. The zero-order chi connectivity index (χ0) is 13.8. The van der Waals surface area contributed by atoms with Crippen molar-refractivity contribution >= 4 is 11.5 Å². The highest BCUT2D eigenvalue weighted by atomic mass is 16.5. The van der Waals surface area contributed by atoms with Crippen molar-refractivity contribution in [2.45, 2.75) is 19.9 Å². The molecule has 1 aromatic heterocycles. The predicted octanol–water partition coefficient (Wildman–Crippen LogP) is 2.11. The molecule has 0 amide bonds. The number of rotatable bonds is 5. The van der Waals surface area contributed by atoms with Gasteiger partial charge in [0.15, 0.2) is 11.6 Å². The van der Waals surface area contributed by atoms with E-state index in [4.69, 9.17) is 10.5 Å². The number of aryl methyl sites for hydroxylation is 1. The maximum atomic E-state index is 12.5. The first-order chi connectivity index (χ1) is 9.19. The fourth-order valence-corrected chi connectivity index (χ4v) is 2.02. The molecule has 0 aliphatic carbocycles. The van der Waals surface area contributed by atoms with Crippen LogP contribution in [0, 0.1) is 0 Å². The van der Waals surface area contributed by atoms with Crippen LogP contribution < -0.4 is 10.5 Å². The zero-order valence-corrected chi connectivity index (χ0v) is 11.1. The van der Waals surface area contributed by atoms with Crippen LogP contribution in [0.25, 0.3) is 0 Å². The Labute approximate surface area is 112 Å². The predicted molar refractivity (Wildman–Crippen MR) is 73.4 cm³/mol. The van der Waals surface area contributed by atoms with E-state index in [1.54, 1.807) is 30.6 Å². The number of aromatic nitrogens is 2. The molecule has 0 aliphatic heterocycles. The molecule has 1 aromatic carbocycles. The van der Waals surface area contributed by atoms with Gasteiger partial charge in [0.05, 0.1) is 18.4 Å². The molecule has 2 rings (SSSR count). The molecule has 0 saturated heterocycles. The number of hydrogen-bond donors (Lipinski definition) is 1. The Bertz CT molecular complexity index is 590. The maximum absolute atomic E-state index is 12.5. The van der Waals surface area contributed by atoms with Crippen LogP contribution in [-0.4, -0.2) is 22.4 Å². The number of ketones is 1. The van der Waals surface area contributed by atoms with Crippen molar-refractivity contribution in [1.82, 2.24) is 9.55 Å². The smallest absolute Gasteiger partial charge is 0.232 e. The van der Waals surface area contributed by atoms with Crippen LogP contribution >= 0.6 is 0 Å². The third-order valence-electron chi connectivity index (χ3n) is 2.88. The molecule has 0 spiro atoms. The first kappa shape index (κ1) is 13.1. The summed E-state index contributed by atoms with van der Waals surface area (Å²) in [5.41, 5.74) is 6.70. The third kappa shape index (κ3) is 2.45. The summed E-state index contributed by atoms with van der Waals surface area (Å²) in [4.78, 5) is 16.6. The second-order valence-electron chi connectivity index (χ2n) is 4.20. The molecule has 0 saturated carbocycles. The molecule has 0 unspecified atom stereocenters. The highest BCUT2D eigenvalue weighted by Gasteiger charge is 2.20. The Balaban J connectivity index is 2.44. The Morgan fingerprint density at radius 3 is 2.95 bits per heavy atom. The van der Waals surface area contributed by atoms with Crippen LogP contribution in [0.15, 0.2) is 30.6 Å². The van der Waals surface area contributed by atoms with Gasteiger partial charge in [-0.15, -0.1) is 0 Å². The van der Waals surface area contributed by atoms with E-state index in [9.17, 15) is 4.79 Å². The summed E-state index contributed by atoms with van der Waals surface area (Å²) in [5.74, 6) is 0.631. The number of carbonyl (C=O) groups excluding carboxylic acids is 1. The van der Waals surface area contributed by atoms with E-state index in [1.165, 1.54) is 7.11 Å². The summed E-state index contributed by atoms with van der Waals surface area (Å²) in [7, 11) is 1.50. The second-order valence-corrected chi connectivity index (χ2v) is 4.20. The van der Waals surface area contributed by atoms with E-state index >= 15 is 0 Å². The van der Waals surface area contributed by atoms with Crippen molar-refractivity contribution in [1.29, 1.82) is 0 Å². The fourth-order valence-electron chi connectivity index (χ4n) is 2.02. The van der Waals surface area contributed by atoms with Gasteiger partial charge < -0.3 is 15.0 Å². The van der Waals surface area contributed by atoms with E-state index in [0.29, 0.717) is 22.8 Å². The lowest BCUT2D eigenvalue weighted by Gasteiger charge is -2.10. The highest BCUT2D eigenvalue weighted by Crippen LogP contribution is 2.27. The average molecular weight is 259 g/mol. The number of ether oxygens (including phenoxy) is 1. The minimum atomic E-state index is -0.178. The minimum Gasteiger partial charge on any atom is -0.494 e. The number of nitrogens with two attached hydrogens (primary N) is 1. The van der Waals surface area contributed by atoms with Gasteiger partial charge in [0, 0.05) is 18.9 Å². The topological polar surface area (TPSA) is 70.1 Å². The lowest BCUT2D eigenvalue weighted by molar-refractivity contribution is 0.102. The lowest BCUT2D eigenvalue weighted by Crippen LogP contribution is -2.13. The van der Waals surface area contributed by atoms with Crippen molar-refractivity contribution in [2.75, 3.05) is 12.8 Å². The fraction of sp³-hybridized carbons (Fsp3) is 0.286. The van der Waals surface area contributed by atoms with E-state index in [2.05, 4.69) is 11.9 Å². The Kier molecular flexibility index (Phi) is 3.85. The molecule has 0 fully saturated rings. The van der Waals surface area contributed by atoms with Gasteiger partial charge in [0.1, 0.15) is 0 Å². The molecular formula is C14H17N3O2. The Morgan fingerprint density at radius 2 is 2.26 bits per heavy atom. The van der Waals surface area contributed by atoms with Crippen molar-refractivity contribution in [3.8, 4) is 5.75 Å². The highest BCUT2D eigenvalue weighted by molar-refractivity contribution is 6.09. The van der Waals surface area contributed by atoms with E-state index in [0.717, 1.165) is 13.0 Å². The SMILES string of the molecule is CCCn1ccnc1C(=O)c1cccc(N)c1OC. The number of imidazole rings is 1. The number of benzene rings is 1. The Morgan fingerprint density at radius 1 is 1.47 bits per heavy atom. The maximum Gasteiger partial charge on any atom is 0.232 e. The molecule has 0 atom stereocenters. The van der Waals surface area contributed by atoms with E-state index in [-0.39, 0.29) is 5.78 Å². The summed E-state index contributed by atoms with van der Waals surface area (Å²) in [6.45, 7) is 2.81. The normalized spacial score (nSPS) is 10.4. The molecule has 0 bridgehead atoms. The van der Waals surface area contributed by atoms with Crippen molar-refractivity contribution in [3.05, 3.63) is 42.0 Å². The van der Waals surface area contributed by atoms with Gasteiger partial charge in [-0.25, -0.2) is 4.98 Å². The molecule has 2 N–H and O–H groups in total. The number of carbonyl (C=O) groups is 1. The number of anilines is 1. The molecule has 1 heterocycles. The van der Waals surface area contributed by atoms with Crippen LogP contribution in [-0.2, 0) is 6.54 Å². The third-order valence-corrected chi connectivity index (χ3v) is 2.88. The van der Waals surface area contributed by atoms with E-state index < -0.39 is 0 Å². The van der Waals surface area contributed by atoms with Crippen LogP contribution in [0.5, 0.6) is 5.75 Å². The monoisotopic (exact) mass is 259 g/mol. The molecule has 5 heteroatoms. The largest absolute Gasteiger partial charge is 0.494 e. The summed E-state index contributed by atoms with van der Waals surface area (Å²) in [5, 5.41) is 0. The number of methoxy groups -OCH3 is 1. The van der Waals surface area contributed by atoms with Crippen molar-refractivity contribution < 1.29 is 9.53 Å². The van der Waals surface area contributed by atoms with Gasteiger partial charge in [-0.1, -0.05) is 13.0 Å². The van der Waals surface area contributed by atoms with Crippen LogP contribution in [0.4, 0.5) is 5.69 Å². The van der Waals surface area contributed by atoms with Gasteiger partial charge in [0.25, 0.3) is 0 Å². The van der Waals surface area contributed by atoms with Crippen LogP contribution in [0.2, 0.25) is 0 Å². The second kappa shape index (κ2) is 5.56. The minimum absolute atomic E-state index is 0.178. The van der Waals surface area contributed by atoms with E-state index in [1.807, 2.05) is 4.57 Å².